The summed E-state index contributed by atoms with van der Waals surface area (Å²) in [4.78, 5) is 0. The number of nitrogens with one attached hydrogen (secondary N) is 1. The van der Waals surface area contributed by atoms with Gasteiger partial charge in [-0.2, -0.15) is 5.10 Å². The van der Waals surface area contributed by atoms with Crippen molar-refractivity contribution in [2.75, 3.05) is 0 Å². The van der Waals surface area contributed by atoms with Crippen molar-refractivity contribution in [2.24, 2.45) is 5.84 Å². The summed E-state index contributed by atoms with van der Waals surface area (Å²) in [5.41, 5.74) is 5.16. The monoisotopic (exact) mass is 276 g/mol. The Bertz CT molecular complexity index is 577. The van der Waals surface area contributed by atoms with E-state index in [-0.39, 0.29) is 11.9 Å². The topological polar surface area (TPSA) is 55.9 Å². The second-order valence-corrected chi connectivity index (χ2v) is 5.33. The van der Waals surface area contributed by atoms with E-state index < -0.39 is 0 Å². The van der Waals surface area contributed by atoms with E-state index in [4.69, 9.17) is 5.84 Å². The minimum atomic E-state index is -0.287. The largest absolute Gasteiger partial charge is 0.271 e. The third kappa shape index (κ3) is 3.23. The first-order valence-corrected chi connectivity index (χ1v) is 6.77. The lowest BCUT2D eigenvalue weighted by molar-refractivity contribution is 0.490. The average molecular weight is 276 g/mol. The number of rotatable bonds is 5. The molecule has 0 aliphatic heterocycles. The van der Waals surface area contributed by atoms with Crippen molar-refractivity contribution in [3.63, 3.8) is 0 Å². The normalized spacial score (nSPS) is 12.9. The van der Waals surface area contributed by atoms with Gasteiger partial charge in [0.25, 0.3) is 0 Å². The molecule has 4 nitrogen and oxygen atoms in total. The van der Waals surface area contributed by atoms with Crippen LogP contribution in [0.3, 0.4) is 0 Å². The van der Waals surface area contributed by atoms with Crippen molar-refractivity contribution in [2.45, 2.75) is 39.3 Å². The number of aromatic nitrogens is 2. The van der Waals surface area contributed by atoms with Crippen molar-refractivity contribution in [1.82, 2.24) is 15.2 Å². The molecule has 2 aromatic rings. The van der Waals surface area contributed by atoms with Gasteiger partial charge >= 0.3 is 0 Å². The maximum Gasteiger partial charge on any atom is 0.128 e. The fourth-order valence-corrected chi connectivity index (χ4v) is 2.17. The third-order valence-electron chi connectivity index (χ3n) is 3.33. The molecule has 5 heteroatoms. The Morgan fingerprint density at radius 2 is 2.10 bits per heavy atom. The number of nitrogens with zero attached hydrogens (tertiary/aromatic N) is 2. The highest BCUT2D eigenvalue weighted by molar-refractivity contribution is 5.27. The predicted molar refractivity (Wildman–Crippen MR) is 77.5 cm³/mol. The van der Waals surface area contributed by atoms with E-state index in [0.29, 0.717) is 18.0 Å². The molecule has 1 heterocycles. The average Bonchev–Trinajstić information content (AvgIpc) is 2.88. The number of halogens is 1. The molecule has 0 bridgehead atoms. The van der Waals surface area contributed by atoms with Crippen LogP contribution in [0.4, 0.5) is 4.39 Å². The van der Waals surface area contributed by atoms with E-state index in [1.165, 1.54) is 6.07 Å². The Hall–Kier alpha value is -1.72. The van der Waals surface area contributed by atoms with E-state index >= 15 is 0 Å². The number of nitrogens with two attached hydrogens (primary N) is 1. The molecular weight excluding hydrogens is 255 g/mol. The number of aryl methyl sites for hydroxylation is 1. The van der Waals surface area contributed by atoms with Crippen LogP contribution >= 0.6 is 0 Å². The van der Waals surface area contributed by atoms with Gasteiger partial charge in [0, 0.05) is 24.2 Å². The molecule has 1 aromatic carbocycles. The van der Waals surface area contributed by atoms with Crippen LogP contribution in [0.15, 0.2) is 30.5 Å². The summed E-state index contributed by atoms with van der Waals surface area (Å²) >= 11 is 0. The smallest absolute Gasteiger partial charge is 0.128 e. The van der Waals surface area contributed by atoms with Gasteiger partial charge in [-0.1, -0.05) is 17.7 Å². The van der Waals surface area contributed by atoms with Crippen molar-refractivity contribution >= 4 is 0 Å². The summed E-state index contributed by atoms with van der Waals surface area (Å²) in [6, 6.07) is 7.01. The van der Waals surface area contributed by atoms with Crippen molar-refractivity contribution < 1.29 is 4.39 Å². The van der Waals surface area contributed by atoms with E-state index in [1.807, 2.05) is 29.9 Å². The summed E-state index contributed by atoms with van der Waals surface area (Å²) in [5, 5.41) is 4.47. The molecule has 0 aliphatic carbocycles. The zero-order valence-electron chi connectivity index (χ0n) is 12.1. The number of benzene rings is 1. The molecule has 1 aromatic heterocycles. The minimum absolute atomic E-state index is 0.248. The fraction of sp³-hybridized carbons (Fsp3) is 0.400. The zero-order valence-corrected chi connectivity index (χ0v) is 12.1. The van der Waals surface area contributed by atoms with E-state index in [9.17, 15) is 4.39 Å². The number of hydrogen-bond acceptors (Lipinski definition) is 3. The first-order valence-electron chi connectivity index (χ1n) is 6.77. The van der Waals surface area contributed by atoms with Crippen LogP contribution in [0.5, 0.6) is 0 Å². The minimum Gasteiger partial charge on any atom is -0.271 e. The lowest BCUT2D eigenvalue weighted by Crippen LogP contribution is -2.30. The van der Waals surface area contributed by atoms with Gasteiger partial charge in [0.1, 0.15) is 5.82 Å². The number of hydrogen-bond donors (Lipinski definition) is 2. The lowest BCUT2D eigenvalue weighted by Gasteiger charge is -2.16. The molecule has 0 fully saturated rings. The molecule has 1 unspecified atom stereocenters. The molecule has 0 aliphatic rings. The quantitative estimate of drug-likeness (QED) is 0.652. The van der Waals surface area contributed by atoms with E-state index in [1.54, 1.807) is 6.07 Å². The molecule has 108 valence electrons. The van der Waals surface area contributed by atoms with Gasteiger partial charge in [0.15, 0.2) is 0 Å². The molecule has 0 spiro atoms. The summed E-state index contributed by atoms with van der Waals surface area (Å²) in [5.74, 6) is 5.34. The van der Waals surface area contributed by atoms with Gasteiger partial charge in [-0.15, -0.1) is 0 Å². The first-order chi connectivity index (χ1) is 9.51. The second kappa shape index (κ2) is 6.15. The Morgan fingerprint density at radius 3 is 2.70 bits per heavy atom. The Balaban J connectivity index is 2.21. The van der Waals surface area contributed by atoms with Crippen LogP contribution in [0, 0.1) is 12.7 Å². The van der Waals surface area contributed by atoms with Gasteiger partial charge in [-0.25, -0.2) is 4.39 Å². The van der Waals surface area contributed by atoms with Crippen molar-refractivity contribution in [3.05, 3.63) is 53.1 Å². The summed E-state index contributed by atoms with van der Waals surface area (Å²) in [7, 11) is 0. The first kappa shape index (κ1) is 14.7. The molecular formula is C15H21FN4. The van der Waals surface area contributed by atoms with Gasteiger partial charge in [0.2, 0.25) is 0 Å². The SMILES string of the molecule is Cc1ccc(F)c(C(Cc2ccn(C(C)C)n2)NN)c1. The number of hydrazine groups is 1. The molecule has 0 radical (unpaired) electrons. The predicted octanol–water partition coefficient (Wildman–Crippen LogP) is 2.66. The lowest BCUT2D eigenvalue weighted by atomic mass is 10.0. The molecule has 1 atom stereocenters. The fourth-order valence-electron chi connectivity index (χ4n) is 2.17. The van der Waals surface area contributed by atoms with Crippen LogP contribution < -0.4 is 11.3 Å². The molecule has 2 rings (SSSR count). The van der Waals surface area contributed by atoms with Gasteiger partial charge in [0.05, 0.1) is 11.7 Å². The molecule has 20 heavy (non-hydrogen) atoms. The Labute approximate surface area is 118 Å². The van der Waals surface area contributed by atoms with Crippen molar-refractivity contribution in [3.8, 4) is 0 Å². The molecule has 3 N–H and O–H groups in total. The van der Waals surface area contributed by atoms with Crippen LogP contribution in [0.2, 0.25) is 0 Å². The third-order valence-corrected chi connectivity index (χ3v) is 3.33. The van der Waals surface area contributed by atoms with Crippen LogP contribution in [0.25, 0.3) is 0 Å². The van der Waals surface area contributed by atoms with Crippen LogP contribution in [-0.4, -0.2) is 9.78 Å². The van der Waals surface area contributed by atoms with E-state index in [0.717, 1.165) is 11.3 Å². The Kier molecular flexibility index (Phi) is 4.52. The molecule has 0 saturated heterocycles. The highest BCUT2D eigenvalue weighted by Gasteiger charge is 2.16. The van der Waals surface area contributed by atoms with Crippen LogP contribution in [-0.2, 0) is 6.42 Å². The van der Waals surface area contributed by atoms with Crippen molar-refractivity contribution in [1.29, 1.82) is 0 Å². The highest BCUT2D eigenvalue weighted by atomic mass is 19.1. The standard InChI is InChI=1S/C15H21FN4/c1-10(2)20-7-6-12(19-20)9-15(18-17)13-8-11(3)4-5-14(13)16/h4-8,10,15,18H,9,17H2,1-3H3. The van der Waals surface area contributed by atoms with Crippen LogP contribution in [0.1, 0.15) is 42.8 Å². The van der Waals surface area contributed by atoms with E-state index in [2.05, 4.69) is 24.4 Å². The zero-order chi connectivity index (χ0) is 14.7. The molecule has 0 amide bonds. The van der Waals surface area contributed by atoms with Gasteiger partial charge in [-0.3, -0.25) is 16.0 Å². The highest BCUT2D eigenvalue weighted by Crippen LogP contribution is 2.21. The summed E-state index contributed by atoms with van der Waals surface area (Å²) in [6.07, 6.45) is 2.48. The maximum atomic E-state index is 13.9. The summed E-state index contributed by atoms with van der Waals surface area (Å²) < 4.78 is 15.8. The summed E-state index contributed by atoms with van der Waals surface area (Å²) in [6.45, 7) is 6.06. The van der Waals surface area contributed by atoms with Gasteiger partial charge < -0.3 is 0 Å². The second-order valence-electron chi connectivity index (χ2n) is 5.33. The Morgan fingerprint density at radius 1 is 1.35 bits per heavy atom. The maximum absolute atomic E-state index is 13.9. The van der Waals surface area contributed by atoms with Gasteiger partial charge in [-0.05, 0) is 32.9 Å². The molecule has 0 saturated carbocycles.